The van der Waals surface area contributed by atoms with Crippen LogP contribution in [0, 0.1) is 17.1 Å². The lowest BCUT2D eigenvalue weighted by atomic mass is 10.1. The van der Waals surface area contributed by atoms with Crippen molar-refractivity contribution >= 4 is 0 Å². The first kappa shape index (κ1) is 15.7. The van der Waals surface area contributed by atoms with Crippen molar-refractivity contribution in [1.29, 1.82) is 5.26 Å². The van der Waals surface area contributed by atoms with Gasteiger partial charge in [0.05, 0.1) is 24.0 Å². The number of rotatable bonds is 4. The molecule has 0 aliphatic carbocycles. The third kappa shape index (κ3) is 3.26. The molecule has 0 saturated carbocycles. The molecular formula is C17H20FN5. The van der Waals surface area contributed by atoms with Crippen LogP contribution >= 0.6 is 0 Å². The van der Waals surface area contributed by atoms with E-state index in [1.54, 1.807) is 6.07 Å². The van der Waals surface area contributed by atoms with Gasteiger partial charge in [-0.3, -0.25) is 9.58 Å². The van der Waals surface area contributed by atoms with Crippen molar-refractivity contribution in [3.63, 3.8) is 0 Å². The molecule has 2 heterocycles. The van der Waals surface area contributed by atoms with Crippen LogP contribution in [0.15, 0.2) is 24.4 Å². The highest BCUT2D eigenvalue weighted by Crippen LogP contribution is 2.19. The van der Waals surface area contributed by atoms with Crippen molar-refractivity contribution in [2.45, 2.75) is 32.6 Å². The van der Waals surface area contributed by atoms with Gasteiger partial charge < -0.3 is 5.32 Å². The van der Waals surface area contributed by atoms with Crippen molar-refractivity contribution in [2.24, 2.45) is 0 Å². The molecule has 0 amide bonds. The molecule has 0 saturated heterocycles. The summed E-state index contributed by atoms with van der Waals surface area (Å²) in [5, 5.41) is 16.6. The van der Waals surface area contributed by atoms with E-state index in [1.165, 1.54) is 23.4 Å². The van der Waals surface area contributed by atoms with Gasteiger partial charge in [0.25, 0.3) is 0 Å². The van der Waals surface area contributed by atoms with Gasteiger partial charge in [-0.2, -0.15) is 10.4 Å². The molecule has 3 rings (SSSR count). The van der Waals surface area contributed by atoms with E-state index in [9.17, 15) is 4.39 Å². The molecule has 0 fully saturated rings. The van der Waals surface area contributed by atoms with Crippen molar-refractivity contribution in [1.82, 2.24) is 20.0 Å². The van der Waals surface area contributed by atoms with Gasteiger partial charge in [0.15, 0.2) is 0 Å². The summed E-state index contributed by atoms with van der Waals surface area (Å²) in [5.41, 5.74) is 3.33. The molecule has 23 heavy (non-hydrogen) atoms. The summed E-state index contributed by atoms with van der Waals surface area (Å²) < 4.78 is 15.8. The number of hydrogen-bond acceptors (Lipinski definition) is 4. The first-order valence-electron chi connectivity index (χ1n) is 7.73. The van der Waals surface area contributed by atoms with Crippen LogP contribution in [0.25, 0.3) is 0 Å². The summed E-state index contributed by atoms with van der Waals surface area (Å²) in [6.45, 7) is 5.51. The normalized spacial score (nSPS) is 15.9. The van der Waals surface area contributed by atoms with Crippen LogP contribution in [0.1, 0.15) is 35.3 Å². The molecule has 6 heteroatoms. The number of halogens is 1. The summed E-state index contributed by atoms with van der Waals surface area (Å²) in [7, 11) is 2.11. The van der Waals surface area contributed by atoms with Gasteiger partial charge in [0, 0.05) is 31.2 Å². The van der Waals surface area contributed by atoms with Crippen LogP contribution in [0.4, 0.5) is 4.39 Å². The van der Waals surface area contributed by atoms with E-state index in [0.717, 1.165) is 25.2 Å². The zero-order valence-electron chi connectivity index (χ0n) is 13.4. The topological polar surface area (TPSA) is 56.9 Å². The minimum absolute atomic E-state index is 0.00545. The predicted molar refractivity (Wildman–Crippen MR) is 84.9 cm³/mol. The van der Waals surface area contributed by atoms with Gasteiger partial charge in [0.1, 0.15) is 11.9 Å². The molecule has 0 bridgehead atoms. The lowest BCUT2D eigenvalue weighted by molar-refractivity contribution is 0.257. The van der Waals surface area contributed by atoms with Crippen molar-refractivity contribution in [3.8, 4) is 6.07 Å². The Morgan fingerprint density at radius 2 is 2.26 bits per heavy atom. The zero-order valence-corrected chi connectivity index (χ0v) is 13.4. The van der Waals surface area contributed by atoms with E-state index in [0.29, 0.717) is 6.54 Å². The molecule has 1 aromatic heterocycles. The number of nitrogens with one attached hydrogen (secondary N) is 1. The summed E-state index contributed by atoms with van der Waals surface area (Å²) in [6.07, 6.45) is 1.91. The van der Waals surface area contributed by atoms with Gasteiger partial charge in [-0.05, 0) is 31.7 Å². The monoisotopic (exact) mass is 313 g/mol. The molecular weight excluding hydrogens is 293 g/mol. The fourth-order valence-electron chi connectivity index (χ4n) is 2.85. The van der Waals surface area contributed by atoms with E-state index < -0.39 is 5.82 Å². The largest absolute Gasteiger partial charge is 0.306 e. The minimum atomic E-state index is -0.469. The molecule has 0 spiro atoms. The first-order chi connectivity index (χ1) is 11.1. The zero-order chi connectivity index (χ0) is 16.4. The van der Waals surface area contributed by atoms with Crippen LogP contribution in [-0.2, 0) is 19.6 Å². The predicted octanol–water partition coefficient (Wildman–Crippen LogP) is 2.19. The van der Waals surface area contributed by atoms with Crippen LogP contribution in [0.3, 0.4) is 0 Å². The Kier molecular flexibility index (Phi) is 4.42. The number of hydrogen-bond donors (Lipinski definition) is 1. The third-order valence-electron chi connectivity index (χ3n) is 4.36. The van der Waals surface area contributed by atoms with Gasteiger partial charge in [-0.25, -0.2) is 4.39 Å². The van der Waals surface area contributed by atoms with Crippen LogP contribution in [0.5, 0.6) is 0 Å². The highest BCUT2D eigenvalue weighted by atomic mass is 19.1. The molecule has 1 aliphatic rings. The summed E-state index contributed by atoms with van der Waals surface area (Å²) in [5.74, 6) is -0.469. The molecule has 0 radical (unpaired) electrons. The van der Waals surface area contributed by atoms with Gasteiger partial charge in [-0.1, -0.05) is 6.07 Å². The highest BCUT2D eigenvalue weighted by Gasteiger charge is 2.18. The van der Waals surface area contributed by atoms with Crippen LogP contribution in [-0.4, -0.2) is 28.3 Å². The molecule has 120 valence electrons. The fourth-order valence-corrected chi connectivity index (χ4v) is 2.85. The smallest absolute Gasteiger partial charge is 0.141 e. The van der Waals surface area contributed by atoms with E-state index in [2.05, 4.69) is 27.0 Å². The lowest BCUT2D eigenvalue weighted by Gasteiger charge is -2.24. The Balaban J connectivity index is 1.68. The maximum absolute atomic E-state index is 13.7. The minimum Gasteiger partial charge on any atom is -0.306 e. The molecule has 1 aliphatic heterocycles. The number of likely N-dealkylation sites (N-methyl/N-ethyl adjacent to an activating group) is 1. The second-order valence-electron chi connectivity index (χ2n) is 6.03. The molecule has 1 aromatic carbocycles. The van der Waals surface area contributed by atoms with Gasteiger partial charge in [-0.15, -0.1) is 0 Å². The Hall–Kier alpha value is -2.23. The quantitative estimate of drug-likeness (QED) is 0.940. The molecule has 1 N–H and O–H groups in total. The molecule has 5 nitrogen and oxygen atoms in total. The number of fused-ring (bicyclic) bond motifs is 1. The van der Waals surface area contributed by atoms with Gasteiger partial charge in [0.2, 0.25) is 0 Å². The highest BCUT2D eigenvalue weighted by molar-refractivity contribution is 5.34. The Morgan fingerprint density at radius 3 is 3.00 bits per heavy atom. The SMILES string of the molecule is CC(NCc1cnn2c1CN(C)CC2)c1ccc(C#N)c(F)c1. The third-order valence-corrected chi connectivity index (χ3v) is 4.36. The van der Waals surface area contributed by atoms with Crippen LogP contribution in [0.2, 0.25) is 0 Å². The molecule has 1 unspecified atom stereocenters. The number of nitrogens with zero attached hydrogens (tertiary/aromatic N) is 4. The van der Waals surface area contributed by atoms with E-state index in [1.807, 2.05) is 19.2 Å². The lowest BCUT2D eigenvalue weighted by Crippen LogP contribution is -2.31. The molecule has 2 aromatic rings. The average molecular weight is 313 g/mol. The van der Waals surface area contributed by atoms with Gasteiger partial charge >= 0.3 is 0 Å². The second kappa shape index (κ2) is 6.49. The summed E-state index contributed by atoms with van der Waals surface area (Å²) in [4.78, 5) is 2.28. The Morgan fingerprint density at radius 1 is 1.43 bits per heavy atom. The number of benzene rings is 1. The Labute approximate surface area is 135 Å². The Bertz CT molecular complexity index is 746. The summed E-state index contributed by atoms with van der Waals surface area (Å²) in [6, 6.07) is 6.59. The standard InChI is InChI=1S/C17H20FN5/c1-12(13-3-4-14(8-19)16(18)7-13)20-9-15-10-21-23-6-5-22(2)11-17(15)23/h3-4,7,10,12,20H,5-6,9,11H2,1-2H3. The number of aromatic nitrogens is 2. The van der Waals surface area contributed by atoms with E-state index in [-0.39, 0.29) is 11.6 Å². The summed E-state index contributed by atoms with van der Waals surface area (Å²) >= 11 is 0. The fraction of sp³-hybridized carbons (Fsp3) is 0.412. The first-order valence-corrected chi connectivity index (χ1v) is 7.73. The van der Waals surface area contributed by atoms with Crippen molar-refractivity contribution in [2.75, 3.05) is 13.6 Å². The second-order valence-corrected chi connectivity index (χ2v) is 6.03. The number of nitriles is 1. The maximum atomic E-state index is 13.7. The average Bonchev–Trinajstić information content (AvgIpc) is 2.94. The molecule has 1 atom stereocenters. The van der Waals surface area contributed by atoms with E-state index >= 15 is 0 Å². The van der Waals surface area contributed by atoms with E-state index in [4.69, 9.17) is 5.26 Å². The van der Waals surface area contributed by atoms with Crippen molar-refractivity contribution < 1.29 is 4.39 Å². The maximum Gasteiger partial charge on any atom is 0.141 e. The van der Waals surface area contributed by atoms with Crippen LogP contribution < -0.4 is 5.32 Å². The van der Waals surface area contributed by atoms with Crippen molar-refractivity contribution in [3.05, 3.63) is 52.6 Å².